The lowest BCUT2D eigenvalue weighted by Crippen LogP contribution is -2.26. The molecule has 0 saturated heterocycles. The number of nitrogens with two attached hydrogens (primary N) is 1. The predicted molar refractivity (Wildman–Crippen MR) is 97.0 cm³/mol. The molecule has 0 aliphatic rings. The minimum atomic E-state index is -0.627. The molecule has 0 aliphatic carbocycles. The number of carbonyl (C=O) groups excluding carboxylic acids is 2. The van der Waals surface area contributed by atoms with E-state index >= 15 is 0 Å². The molecule has 0 amide bonds. The van der Waals surface area contributed by atoms with Gasteiger partial charge in [-0.1, -0.05) is 18.2 Å². The minimum absolute atomic E-state index is 0.233. The molecule has 2 aromatic heterocycles. The molecule has 0 atom stereocenters. The molecule has 1 aromatic carbocycles. The molecule has 7 heteroatoms. The second-order valence-electron chi connectivity index (χ2n) is 6.59. The summed E-state index contributed by atoms with van der Waals surface area (Å²) in [7, 11) is 0. The highest BCUT2D eigenvalue weighted by molar-refractivity contribution is 7.12. The van der Waals surface area contributed by atoms with Crippen molar-refractivity contribution < 1.29 is 14.3 Å². The van der Waals surface area contributed by atoms with Gasteiger partial charge in [-0.2, -0.15) is 0 Å². The molecule has 0 fully saturated rings. The molecule has 130 valence electrons. The first-order chi connectivity index (χ1) is 11.8. The summed E-state index contributed by atoms with van der Waals surface area (Å²) in [6, 6.07) is 7.23. The second-order valence-corrected chi connectivity index (χ2v) is 7.45. The van der Waals surface area contributed by atoms with Crippen LogP contribution >= 0.6 is 11.3 Å². The highest BCUT2D eigenvalue weighted by Crippen LogP contribution is 2.26. The number of hydrogen-bond acceptors (Lipinski definition) is 6. The van der Waals surface area contributed by atoms with Crippen LogP contribution in [-0.2, 0) is 11.3 Å². The lowest BCUT2D eigenvalue weighted by Gasteiger charge is -2.19. The Morgan fingerprint density at radius 1 is 1.28 bits per heavy atom. The van der Waals surface area contributed by atoms with Gasteiger partial charge in [0.05, 0.1) is 16.8 Å². The van der Waals surface area contributed by atoms with Crippen LogP contribution in [0.2, 0.25) is 0 Å². The van der Waals surface area contributed by atoms with Crippen LogP contribution in [0.1, 0.15) is 41.8 Å². The second kappa shape index (κ2) is 6.42. The van der Waals surface area contributed by atoms with Crippen molar-refractivity contribution in [2.24, 2.45) is 5.73 Å². The van der Waals surface area contributed by atoms with Crippen molar-refractivity contribution in [3.8, 4) is 0 Å². The van der Waals surface area contributed by atoms with Gasteiger partial charge in [-0.05, 0) is 26.8 Å². The zero-order valence-corrected chi connectivity index (χ0v) is 15.1. The van der Waals surface area contributed by atoms with Gasteiger partial charge in [0.25, 0.3) is 0 Å². The summed E-state index contributed by atoms with van der Waals surface area (Å²) in [6.45, 7) is 5.68. The van der Waals surface area contributed by atoms with E-state index in [-0.39, 0.29) is 12.3 Å². The fourth-order valence-electron chi connectivity index (χ4n) is 2.44. The molecular formula is C18H19N3O3S. The first-order valence-corrected chi connectivity index (χ1v) is 8.71. The summed E-state index contributed by atoms with van der Waals surface area (Å²) in [5.41, 5.74) is 6.64. The number of ketones is 1. The highest BCUT2D eigenvalue weighted by atomic mass is 32.1. The molecule has 0 spiro atoms. The van der Waals surface area contributed by atoms with Gasteiger partial charge in [0, 0.05) is 23.5 Å². The Morgan fingerprint density at radius 3 is 2.64 bits per heavy atom. The maximum Gasteiger partial charge on any atom is 0.419 e. The van der Waals surface area contributed by atoms with Crippen molar-refractivity contribution in [3.05, 3.63) is 52.1 Å². The summed E-state index contributed by atoms with van der Waals surface area (Å²) in [5.74, 6) is -0.233. The Hall–Kier alpha value is -2.51. The Balaban J connectivity index is 2.07. The molecule has 0 bridgehead atoms. The number of benzene rings is 1. The molecule has 25 heavy (non-hydrogen) atoms. The number of carbonyl (C=O) groups is 2. The standard InChI is InChI=1S/C18H19N3O3S/c1-18(2,3)24-17(23)21-9-13(12-6-4-5-7-14(12)21)15(22)16-20-11(8-19)10-25-16/h4-7,9-10H,8,19H2,1-3H3. The molecule has 3 aromatic rings. The van der Waals surface area contributed by atoms with Crippen molar-refractivity contribution in [1.82, 2.24) is 9.55 Å². The third kappa shape index (κ3) is 3.47. The van der Waals surface area contributed by atoms with Crippen molar-refractivity contribution in [1.29, 1.82) is 0 Å². The van der Waals surface area contributed by atoms with Crippen LogP contribution < -0.4 is 5.73 Å². The van der Waals surface area contributed by atoms with Crippen LogP contribution in [0.4, 0.5) is 4.79 Å². The Bertz CT molecular complexity index is 950. The quantitative estimate of drug-likeness (QED) is 0.724. The van der Waals surface area contributed by atoms with Gasteiger partial charge in [0.1, 0.15) is 5.60 Å². The Labute approximate surface area is 149 Å². The highest BCUT2D eigenvalue weighted by Gasteiger charge is 2.24. The molecule has 0 radical (unpaired) electrons. The van der Waals surface area contributed by atoms with Gasteiger partial charge in [-0.15, -0.1) is 11.3 Å². The van der Waals surface area contributed by atoms with Crippen LogP contribution in [0.25, 0.3) is 10.9 Å². The number of thiazole rings is 1. The van der Waals surface area contributed by atoms with E-state index in [9.17, 15) is 9.59 Å². The first-order valence-electron chi connectivity index (χ1n) is 7.83. The number of fused-ring (bicyclic) bond motifs is 1. The Morgan fingerprint density at radius 2 is 2.00 bits per heavy atom. The van der Waals surface area contributed by atoms with Crippen LogP contribution in [0.5, 0.6) is 0 Å². The number of para-hydroxylation sites is 1. The van der Waals surface area contributed by atoms with Crippen LogP contribution in [-0.4, -0.2) is 27.0 Å². The van der Waals surface area contributed by atoms with Gasteiger partial charge in [-0.25, -0.2) is 9.78 Å². The van der Waals surface area contributed by atoms with E-state index in [2.05, 4.69) is 4.98 Å². The fourth-order valence-corrected chi connectivity index (χ4v) is 3.23. The molecule has 0 aliphatic heterocycles. The average molecular weight is 357 g/mol. The van der Waals surface area contributed by atoms with Crippen molar-refractivity contribution in [2.75, 3.05) is 0 Å². The summed E-state index contributed by atoms with van der Waals surface area (Å²) >= 11 is 1.25. The van der Waals surface area contributed by atoms with Gasteiger partial charge < -0.3 is 10.5 Å². The van der Waals surface area contributed by atoms with Crippen LogP contribution in [0.15, 0.2) is 35.8 Å². The van der Waals surface area contributed by atoms with E-state index in [0.717, 1.165) is 0 Å². The van der Waals surface area contributed by atoms with Crippen LogP contribution in [0.3, 0.4) is 0 Å². The SMILES string of the molecule is CC(C)(C)OC(=O)n1cc(C(=O)c2nc(CN)cs2)c2ccccc21. The molecule has 0 unspecified atom stereocenters. The number of aromatic nitrogens is 2. The van der Waals surface area contributed by atoms with E-state index < -0.39 is 11.7 Å². The number of nitrogens with zero attached hydrogens (tertiary/aromatic N) is 2. The van der Waals surface area contributed by atoms with Crippen molar-refractivity contribution >= 4 is 34.1 Å². The van der Waals surface area contributed by atoms with Crippen molar-refractivity contribution in [2.45, 2.75) is 32.9 Å². The van der Waals surface area contributed by atoms with E-state index in [4.69, 9.17) is 10.5 Å². The zero-order chi connectivity index (χ0) is 18.2. The van der Waals surface area contributed by atoms with Gasteiger partial charge >= 0.3 is 6.09 Å². The van der Waals surface area contributed by atoms with Gasteiger partial charge in [0.15, 0.2) is 5.01 Å². The summed E-state index contributed by atoms with van der Waals surface area (Å²) in [4.78, 5) is 29.6. The lowest BCUT2D eigenvalue weighted by atomic mass is 10.1. The Kier molecular flexibility index (Phi) is 4.45. The zero-order valence-electron chi connectivity index (χ0n) is 14.3. The van der Waals surface area contributed by atoms with E-state index in [1.54, 1.807) is 38.3 Å². The summed E-state index contributed by atoms with van der Waals surface area (Å²) < 4.78 is 6.80. The maximum atomic E-state index is 12.9. The fraction of sp³-hybridized carbons (Fsp3) is 0.278. The number of rotatable bonds is 3. The maximum absolute atomic E-state index is 12.9. The predicted octanol–water partition coefficient (Wildman–Crippen LogP) is 3.57. The third-order valence-electron chi connectivity index (χ3n) is 3.50. The topological polar surface area (TPSA) is 87.2 Å². The van der Waals surface area contributed by atoms with Crippen molar-refractivity contribution in [3.63, 3.8) is 0 Å². The molecule has 2 N–H and O–H groups in total. The normalized spacial score (nSPS) is 11.7. The number of ether oxygens (including phenoxy) is 1. The van der Waals surface area contributed by atoms with E-state index in [1.807, 2.05) is 12.1 Å². The van der Waals surface area contributed by atoms with E-state index in [1.165, 1.54) is 22.1 Å². The smallest absolute Gasteiger partial charge is 0.419 e. The average Bonchev–Trinajstić information content (AvgIpc) is 3.17. The molecule has 3 rings (SSSR count). The third-order valence-corrected chi connectivity index (χ3v) is 4.39. The summed E-state index contributed by atoms with van der Waals surface area (Å²) in [5, 5.41) is 2.80. The summed E-state index contributed by atoms with van der Waals surface area (Å²) in [6.07, 6.45) is 0.995. The monoisotopic (exact) mass is 357 g/mol. The van der Waals surface area contributed by atoms with E-state index in [0.29, 0.717) is 27.2 Å². The molecule has 0 saturated carbocycles. The molecular weight excluding hydrogens is 338 g/mol. The minimum Gasteiger partial charge on any atom is -0.443 e. The molecule has 6 nitrogen and oxygen atoms in total. The lowest BCUT2D eigenvalue weighted by molar-refractivity contribution is 0.0544. The van der Waals surface area contributed by atoms with Gasteiger partial charge in [-0.3, -0.25) is 9.36 Å². The van der Waals surface area contributed by atoms with Crippen LogP contribution in [0, 0.1) is 0 Å². The molecule has 2 heterocycles. The largest absolute Gasteiger partial charge is 0.443 e. The number of hydrogen-bond donors (Lipinski definition) is 1. The van der Waals surface area contributed by atoms with Gasteiger partial charge in [0.2, 0.25) is 5.78 Å². The first kappa shape index (κ1) is 17.3.